The number of anilines is 1. The van der Waals surface area contributed by atoms with Crippen LogP contribution in [0.5, 0.6) is 0 Å². The van der Waals surface area contributed by atoms with E-state index in [4.69, 9.17) is 11.6 Å². The summed E-state index contributed by atoms with van der Waals surface area (Å²) in [5, 5.41) is 3.48. The maximum absolute atomic E-state index is 13.7. The Morgan fingerprint density at radius 3 is 2.41 bits per heavy atom. The summed E-state index contributed by atoms with van der Waals surface area (Å²) in [7, 11) is -3.83. The lowest BCUT2D eigenvalue weighted by Gasteiger charge is -2.30. The van der Waals surface area contributed by atoms with Crippen LogP contribution < -0.4 is 9.62 Å². The molecule has 1 saturated carbocycles. The fourth-order valence-electron chi connectivity index (χ4n) is 4.43. The molecule has 1 aliphatic rings. The van der Waals surface area contributed by atoms with E-state index in [0.717, 1.165) is 48.4 Å². The first kappa shape index (κ1) is 28.8. The van der Waals surface area contributed by atoms with Crippen LogP contribution in [-0.2, 0) is 26.2 Å². The first-order chi connectivity index (χ1) is 17.5. The Balaban J connectivity index is 1.73. The van der Waals surface area contributed by atoms with E-state index < -0.39 is 27.7 Å². The van der Waals surface area contributed by atoms with Crippen LogP contribution in [0.3, 0.4) is 0 Å². The SMILES string of the molecule is CC(C(=O)NC1CCCC1)N(Cc1ccccc1Cl)C(=O)CCCN(c1ccc(F)c(F)c1)S(C)(=O)=O. The Labute approximate surface area is 221 Å². The molecule has 2 aromatic rings. The van der Waals surface area contributed by atoms with Crippen LogP contribution in [0.1, 0.15) is 51.0 Å². The summed E-state index contributed by atoms with van der Waals surface area (Å²) in [4.78, 5) is 27.8. The van der Waals surface area contributed by atoms with E-state index in [1.54, 1.807) is 31.2 Å². The standard InChI is InChI=1S/C26H32ClF2N3O4S/c1-18(26(34)30-20-9-4-5-10-20)31(17-19-8-3-6-11-22(19)27)25(33)12-7-15-32(37(2,35)36)21-13-14-23(28)24(29)16-21/h3,6,8,11,13-14,16,18,20H,4-5,7,9-10,12,15,17H2,1-2H3,(H,30,34). The van der Waals surface area contributed by atoms with Gasteiger partial charge >= 0.3 is 0 Å². The molecule has 11 heteroatoms. The van der Waals surface area contributed by atoms with Crippen LogP contribution >= 0.6 is 11.6 Å². The second-order valence-electron chi connectivity index (χ2n) is 9.32. The number of nitrogens with one attached hydrogen (secondary N) is 1. The maximum atomic E-state index is 13.7. The van der Waals surface area contributed by atoms with Crippen LogP contribution in [0.25, 0.3) is 0 Å². The summed E-state index contributed by atoms with van der Waals surface area (Å²) in [5.74, 6) is -2.87. The Hall–Kier alpha value is -2.72. The van der Waals surface area contributed by atoms with E-state index in [1.807, 2.05) is 0 Å². The quantitative estimate of drug-likeness (QED) is 0.437. The Morgan fingerprint density at radius 2 is 1.78 bits per heavy atom. The van der Waals surface area contributed by atoms with Crippen molar-refractivity contribution in [1.29, 1.82) is 0 Å². The smallest absolute Gasteiger partial charge is 0.242 e. The molecule has 2 amide bonds. The molecule has 202 valence electrons. The van der Waals surface area contributed by atoms with Crippen molar-refractivity contribution < 1.29 is 26.8 Å². The first-order valence-electron chi connectivity index (χ1n) is 12.2. The number of amides is 2. The van der Waals surface area contributed by atoms with Crippen LogP contribution in [-0.4, -0.2) is 50.0 Å². The predicted molar refractivity (Wildman–Crippen MR) is 140 cm³/mol. The molecule has 0 heterocycles. The number of hydrogen-bond donors (Lipinski definition) is 1. The van der Waals surface area contributed by atoms with Crippen LogP contribution in [0.15, 0.2) is 42.5 Å². The molecule has 0 bridgehead atoms. The Morgan fingerprint density at radius 1 is 1.11 bits per heavy atom. The van der Waals surface area contributed by atoms with Gasteiger partial charge in [-0.3, -0.25) is 13.9 Å². The monoisotopic (exact) mass is 555 g/mol. The number of carbonyl (C=O) groups excluding carboxylic acids is 2. The van der Waals surface area contributed by atoms with Gasteiger partial charge < -0.3 is 10.2 Å². The number of nitrogens with zero attached hydrogens (tertiary/aromatic N) is 2. The van der Waals surface area contributed by atoms with Gasteiger partial charge in [0.05, 0.1) is 11.9 Å². The van der Waals surface area contributed by atoms with Gasteiger partial charge in [-0.1, -0.05) is 42.6 Å². The van der Waals surface area contributed by atoms with Gasteiger partial charge in [-0.2, -0.15) is 0 Å². The lowest BCUT2D eigenvalue weighted by molar-refractivity contribution is -0.140. The highest BCUT2D eigenvalue weighted by molar-refractivity contribution is 7.92. The predicted octanol–water partition coefficient (Wildman–Crippen LogP) is 4.64. The number of sulfonamides is 1. The number of hydrogen-bond acceptors (Lipinski definition) is 4. The Kier molecular flexibility index (Phi) is 9.89. The summed E-state index contributed by atoms with van der Waals surface area (Å²) in [6.45, 7) is 1.64. The summed E-state index contributed by atoms with van der Waals surface area (Å²) in [5.41, 5.74) is 0.642. The van der Waals surface area contributed by atoms with E-state index in [9.17, 15) is 26.8 Å². The fourth-order valence-corrected chi connectivity index (χ4v) is 5.58. The summed E-state index contributed by atoms with van der Waals surface area (Å²) < 4.78 is 52.7. The molecule has 1 fully saturated rings. The molecule has 1 N–H and O–H groups in total. The molecule has 1 unspecified atom stereocenters. The molecular formula is C26H32ClF2N3O4S. The summed E-state index contributed by atoms with van der Waals surface area (Å²) >= 11 is 6.31. The van der Waals surface area contributed by atoms with Gasteiger partial charge in [0.15, 0.2) is 11.6 Å². The van der Waals surface area contributed by atoms with Crippen molar-refractivity contribution >= 4 is 39.1 Å². The van der Waals surface area contributed by atoms with E-state index in [1.165, 1.54) is 11.0 Å². The summed E-state index contributed by atoms with van der Waals surface area (Å²) in [6.07, 6.45) is 4.90. The molecule has 1 atom stereocenters. The van der Waals surface area contributed by atoms with Crippen molar-refractivity contribution in [2.45, 2.75) is 64.1 Å². The maximum Gasteiger partial charge on any atom is 0.242 e. The average molecular weight is 556 g/mol. The average Bonchev–Trinajstić information content (AvgIpc) is 3.35. The van der Waals surface area contributed by atoms with Crippen molar-refractivity contribution in [3.8, 4) is 0 Å². The largest absolute Gasteiger partial charge is 0.352 e. The van der Waals surface area contributed by atoms with Crippen molar-refractivity contribution in [2.75, 3.05) is 17.1 Å². The van der Waals surface area contributed by atoms with Gasteiger partial charge in [-0.25, -0.2) is 17.2 Å². The molecule has 7 nitrogen and oxygen atoms in total. The minimum Gasteiger partial charge on any atom is -0.352 e. The molecule has 1 aliphatic carbocycles. The third-order valence-corrected chi connectivity index (χ3v) is 8.07. The molecular weight excluding hydrogens is 524 g/mol. The third kappa shape index (κ3) is 7.88. The van der Waals surface area contributed by atoms with Crippen LogP contribution in [0, 0.1) is 11.6 Å². The van der Waals surface area contributed by atoms with Crippen molar-refractivity contribution in [1.82, 2.24) is 10.2 Å². The zero-order valence-electron chi connectivity index (χ0n) is 20.9. The zero-order valence-corrected chi connectivity index (χ0v) is 22.5. The molecule has 0 spiro atoms. The minimum absolute atomic E-state index is 0.0360. The zero-order chi connectivity index (χ0) is 27.2. The topological polar surface area (TPSA) is 86.8 Å². The number of rotatable bonds is 11. The third-order valence-electron chi connectivity index (χ3n) is 6.51. The van der Waals surface area contributed by atoms with Gasteiger partial charge in [0.2, 0.25) is 21.8 Å². The highest BCUT2D eigenvalue weighted by atomic mass is 35.5. The molecule has 0 radical (unpaired) electrons. The van der Waals surface area contributed by atoms with E-state index in [-0.39, 0.29) is 49.5 Å². The van der Waals surface area contributed by atoms with Gasteiger partial charge in [0.25, 0.3) is 0 Å². The fraction of sp³-hybridized carbons (Fsp3) is 0.462. The molecule has 2 aromatic carbocycles. The van der Waals surface area contributed by atoms with E-state index >= 15 is 0 Å². The molecule has 37 heavy (non-hydrogen) atoms. The van der Waals surface area contributed by atoms with Gasteiger partial charge in [-0.15, -0.1) is 0 Å². The van der Waals surface area contributed by atoms with Crippen molar-refractivity contribution in [3.63, 3.8) is 0 Å². The normalized spacial score (nSPS) is 14.8. The second kappa shape index (κ2) is 12.7. The van der Waals surface area contributed by atoms with E-state index in [0.29, 0.717) is 10.6 Å². The lowest BCUT2D eigenvalue weighted by atomic mass is 10.1. The molecule has 0 aromatic heterocycles. The minimum atomic E-state index is -3.83. The van der Waals surface area contributed by atoms with Gasteiger partial charge in [-0.05, 0) is 49.9 Å². The van der Waals surface area contributed by atoms with E-state index in [2.05, 4.69) is 5.32 Å². The first-order valence-corrected chi connectivity index (χ1v) is 14.5. The highest BCUT2D eigenvalue weighted by Crippen LogP contribution is 2.23. The molecule has 0 aliphatic heterocycles. The molecule has 0 saturated heterocycles. The number of halogens is 3. The number of carbonyl (C=O) groups is 2. The van der Waals surface area contributed by atoms with Gasteiger partial charge in [0.1, 0.15) is 6.04 Å². The lowest BCUT2D eigenvalue weighted by Crippen LogP contribution is -2.49. The second-order valence-corrected chi connectivity index (χ2v) is 11.6. The van der Waals surface area contributed by atoms with Crippen molar-refractivity contribution in [3.05, 3.63) is 64.7 Å². The van der Waals surface area contributed by atoms with Crippen LogP contribution in [0.2, 0.25) is 5.02 Å². The van der Waals surface area contributed by atoms with Crippen molar-refractivity contribution in [2.24, 2.45) is 0 Å². The molecule has 3 rings (SSSR count). The Bertz CT molecular complexity index is 1220. The van der Waals surface area contributed by atoms with Crippen LogP contribution in [0.4, 0.5) is 14.5 Å². The van der Waals surface area contributed by atoms with Gasteiger partial charge in [0, 0.05) is 36.6 Å². The summed E-state index contributed by atoms with van der Waals surface area (Å²) in [6, 6.07) is 9.17. The highest BCUT2D eigenvalue weighted by Gasteiger charge is 2.29. The number of benzene rings is 2.